The van der Waals surface area contributed by atoms with Crippen molar-refractivity contribution in [3.8, 4) is 12.1 Å². The molecule has 1 aromatic carbocycles. The molecule has 3 nitrogen and oxygen atoms in total. The van der Waals surface area contributed by atoms with Gasteiger partial charge in [0.15, 0.2) is 0 Å². The Bertz CT molecular complexity index is 662. The minimum absolute atomic E-state index is 0.561. The lowest BCUT2D eigenvalue weighted by molar-refractivity contribution is 0.0343. The monoisotopic (exact) mass is 286 g/mol. The van der Waals surface area contributed by atoms with Crippen LogP contribution >= 0.6 is 0 Å². The van der Waals surface area contributed by atoms with Crippen LogP contribution in [0.15, 0.2) is 24.4 Å². The molecule has 1 aliphatic rings. The first-order valence-corrected chi connectivity index (χ1v) is 7.34. The third-order valence-electron chi connectivity index (χ3n) is 3.93. The molecule has 0 bridgehead atoms. The third kappa shape index (κ3) is 3.44. The number of H-pyrrole nitrogens is 1. The molecular weight excluding hydrogens is 267 g/mol. The van der Waals surface area contributed by atoms with Gasteiger partial charge in [-0.15, -0.1) is 4.39 Å². The Morgan fingerprint density at radius 3 is 2.95 bits per heavy atom. The lowest BCUT2D eigenvalue weighted by Crippen LogP contribution is -2.35. The molecule has 21 heavy (non-hydrogen) atoms. The van der Waals surface area contributed by atoms with Crippen molar-refractivity contribution in [1.29, 1.82) is 0 Å². The maximum absolute atomic E-state index is 11.8. The van der Waals surface area contributed by atoms with Gasteiger partial charge >= 0.3 is 0 Å². The number of hydrogen-bond donors (Lipinski definition) is 1. The first-order valence-electron chi connectivity index (χ1n) is 7.34. The number of rotatable bonds is 4. The summed E-state index contributed by atoms with van der Waals surface area (Å²) >= 11 is 0. The highest BCUT2D eigenvalue weighted by Gasteiger charge is 2.13. The molecule has 110 valence electrons. The Morgan fingerprint density at radius 2 is 2.14 bits per heavy atom. The van der Waals surface area contributed by atoms with Crippen molar-refractivity contribution in [2.75, 3.05) is 26.3 Å². The predicted octanol–water partition coefficient (Wildman–Crippen LogP) is 2.86. The summed E-state index contributed by atoms with van der Waals surface area (Å²) in [4.78, 5) is 5.74. The lowest BCUT2D eigenvalue weighted by Gasteiger charge is -2.26. The first-order chi connectivity index (χ1) is 10.4. The van der Waals surface area contributed by atoms with E-state index in [0.717, 1.165) is 44.8 Å². The van der Waals surface area contributed by atoms with Crippen molar-refractivity contribution < 1.29 is 9.13 Å². The number of hydrogen-bond acceptors (Lipinski definition) is 2. The van der Waals surface area contributed by atoms with E-state index in [9.17, 15) is 4.39 Å². The van der Waals surface area contributed by atoms with E-state index in [2.05, 4.69) is 40.2 Å². The fraction of sp³-hybridized carbons (Fsp3) is 0.412. The molecular formula is C17H19FN2O. The smallest absolute Gasteiger partial charge is 0.105 e. The highest BCUT2D eigenvalue weighted by Crippen LogP contribution is 2.22. The van der Waals surface area contributed by atoms with Crippen molar-refractivity contribution >= 4 is 10.9 Å². The Labute approximate surface area is 124 Å². The molecule has 0 saturated carbocycles. The van der Waals surface area contributed by atoms with E-state index < -0.39 is 0 Å². The number of aromatic nitrogens is 1. The summed E-state index contributed by atoms with van der Waals surface area (Å²) in [5, 5.41) is 1.26. The Balaban J connectivity index is 1.77. The predicted molar refractivity (Wildman–Crippen MR) is 81.6 cm³/mol. The Morgan fingerprint density at radius 1 is 1.29 bits per heavy atom. The van der Waals surface area contributed by atoms with Crippen LogP contribution in [0.4, 0.5) is 4.39 Å². The van der Waals surface area contributed by atoms with E-state index >= 15 is 0 Å². The number of halogens is 1. The number of nitrogens with zero attached hydrogens (tertiary/aromatic N) is 1. The van der Waals surface area contributed by atoms with E-state index in [1.54, 1.807) is 0 Å². The summed E-state index contributed by atoms with van der Waals surface area (Å²) in [5.41, 5.74) is 3.66. The number of aromatic amines is 1. The van der Waals surface area contributed by atoms with Crippen LogP contribution in [0.25, 0.3) is 10.9 Å². The van der Waals surface area contributed by atoms with Crippen LogP contribution in [0.3, 0.4) is 0 Å². The van der Waals surface area contributed by atoms with Crippen molar-refractivity contribution in [1.82, 2.24) is 9.88 Å². The molecule has 1 aromatic heterocycles. The second kappa shape index (κ2) is 6.75. The van der Waals surface area contributed by atoms with Crippen LogP contribution in [0.1, 0.15) is 17.5 Å². The minimum Gasteiger partial charge on any atom is -0.379 e. The molecule has 1 N–H and O–H groups in total. The average Bonchev–Trinajstić information content (AvgIpc) is 2.91. The number of ether oxygens (including phenoxy) is 1. The van der Waals surface area contributed by atoms with Gasteiger partial charge in [-0.3, -0.25) is 4.90 Å². The van der Waals surface area contributed by atoms with Crippen LogP contribution in [-0.4, -0.2) is 36.2 Å². The molecule has 0 spiro atoms. The summed E-state index contributed by atoms with van der Waals surface area (Å²) in [5.74, 6) is 2.47. The SMILES string of the molecule is FC#CCCc1ccc2[nH]cc(CN3CCOCC3)c2c1. The van der Waals surface area contributed by atoms with Crippen molar-refractivity contribution in [3.63, 3.8) is 0 Å². The average molecular weight is 286 g/mol. The second-order valence-corrected chi connectivity index (χ2v) is 5.35. The van der Waals surface area contributed by atoms with Crippen LogP contribution in [-0.2, 0) is 17.7 Å². The number of morpholine rings is 1. The van der Waals surface area contributed by atoms with Crippen LogP contribution in [0.5, 0.6) is 0 Å². The van der Waals surface area contributed by atoms with E-state index in [4.69, 9.17) is 4.74 Å². The van der Waals surface area contributed by atoms with Gasteiger partial charge in [-0.25, -0.2) is 0 Å². The van der Waals surface area contributed by atoms with Gasteiger partial charge in [-0.1, -0.05) is 12.0 Å². The normalized spacial score (nSPS) is 15.9. The highest BCUT2D eigenvalue weighted by molar-refractivity contribution is 5.83. The van der Waals surface area contributed by atoms with Crippen molar-refractivity contribution in [2.24, 2.45) is 0 Å². The van der Waals surface area contributed by atoms with E-state index in [1.165, 1.54) is 22.7 Å². The van der Waals surface area contributed by atoms with Crippen LogP contribution in [0, 0.1) is 12.1 Å². The van der Waals surface area contributed by atoms with Crippen LogP contribution in [0.2, 0.25) is 0 Å². The van der Waals surface area contributed by atoms with Crippen molar-refractivity contribution in [2.45, 2.75) is 19.4 Å². The van der Waals surface area contributed by atoms with Gasteiger partial charge in [0.25, 0.3) is 0 Å². The molecule has 0 amide bonds. The minimum atomic E-state index is 0.561. The molecule has 1 aliphatic heterocycles. The number of nitrogens with one attached hydrogen (secondary N) is 1. The lowest BCUT2D eigenvalue weighted by atomic mass is 10.1. The number of fused-ring (bicyclic) bond motifs is 1. The number of aryl methyl sites for hydroxylation is 1. The molecule has 0 unspecified atom stereocenters. The molecule has 0 radical (unpaired) electrons. The van der Waals surface area contributed by atoms with Gasteiger partial charge in [-0.2, -0.15) is 0 Å². The van der Waals surface area contributed by atoms with Gasteiger partial charge in [0, 0.05) is 43.2 Å². The maximum Gasteiger partial charge on any atom is 0.105 e. The number of benzene rings is 1. The molecule has 0 aliphatic carbocycles. The topological polar surface area (TPSA) is 28.3 Å². The largest absolute Gasteiger partial charge is 0.379 e. The molecule has 2 aromatic rings. The standard InChI is InChI=1S/C17H19FN2O/c18-6-2-1-3-14-4-5-17-16(11-14)15(12-19-17)13-20-7-9-21-10-8-20/h4-5,11-12,19H,1,3,7-10,13H2. The zero-order chi connectivity index (χ0) is 14.5. The van der Waals surface area contributed by atoms with Crippen LogP contribution < -0.4 is 0 Å². The fourth-order valence-corrected chi connectivity index (χ4v) is 2.77. The zero-order valence-electron chi connectivity index (χ0n) is 12.0. The molecule has 4 heteroatoms. The van der Waals surface area contributed by atoms with Gasteiger partial charge in [0.1, 0.15) is 6.17 Å². The Kier molecular flexibility index (Phi) is 4.54. The molecule has 1 saturated heterocycles. The maximum atomic E-state index is 11.8. The zero-order valence-corrected chi connectivity index (χ0v) is 12.0. The van der Waals surface area contributed by atoms with Gasteiger partial charge in [0.2, 0.25) is 0 Å². The molecule has 3 rings (SSSR count). The summed E-state index contributed by atoms with van der Waals surface area (Å²) in [6.45, 7) is 4.54. The van der Waals surface area contributed by atoms with Gasteiger partial charge in [-0.05, 0) is 29.7 Å². The summed E-state index contributed by atoms with van der Waals surface area (Å²) in [6, 6.07) is 6.37. The van der Waals surface area contributed by atoms with E-state index in [-0.39, 0.29) is 0 Å². The quantitative estimate of drug-likeness (QED) is 0.875. The molecule has 0 atom stereocenters. The van der Waals surface area contributed by atoms with Gasteiger partial charge < -0.3 is 9.72 Å². The summed E-state index contributed by atoms with van der Waals surface area (Å²) in [6.07, 6.45) is 4.90. The molecule has 2 heterocycles. The fourth-order valence-electron chi connectivity index (χ4n) is 2.77. The Hall–Kier alpha value is -1.83. The van der Waals surface area contributed by atoms with E-state index in [1.807, 2.05) is 0 Å². The second-order valence-electron chi connectivity index (χ2n) is 5.35. The summed E-state index contributed by atoms with van der Waals surface area (Å²) < 4.78 is 17.2. The van der Waals surface area contributed by atoms with Crippen molar-refractivity contribution in [3.05, 3.63) is 35.5 Å². The summed E-state index contributed by atoms with van der Waals surface area (Å²) in [7, 11) is 0. The highest BCUT2D eigenvalue weighted by atomic mass is 19.1. The third-order valence-corrected chi connectivity index (χ3v) is 3.93. The first kappa shape index (κ1) is 14.1. The van der Waals surface area contributed by atoms with E-state index in [0.29, 0.717) is 6.42 Å². The molecule has 1 fully saturated rings. The van der Waals surface area contributed by atoms with Gasteiger partial charge in [0.05, 0.1) is 13.2 Å².